The molecule has 3 rings (SSSR count). The van der Waals surface area contributed by atoms with Crippen LogP contribution in [0.1, 0.15) is 46.6 Å². The van der Waals surface area contributed by atoms with Crippen LogP contribution in [0.4, 0.5) is 4.79 Å². The number of esters is 2. The van der Waals surface area contributed by atoms with Gasteiger partial charge in [-0.2, -0.15) is 0 Å². The van der Waals surface area contributed by atoms with Crippen LogP contribution in [0.3, 0.4) is 0 Å². The van der Waals surface area contributed by atoms with Crippen molar-refractivity contribution in [3.8, 4) is 0 Å². The Kier molecular flexibility index (Phi) is 11.5. The number of hydrogen-bond donors (Lipinski definition) is 2. The highest BCUT2D eigenvalue weighted by Crippen LogP contribution is 2.17. The van der Waals surface area contributed by atoms with Crippen molar-refractivity contribution in [3.05, 3.63) is 35.9 Å². The standard InChI is InChI=1S/C29H39N5O10/c1-18(32-12-22(35)31-23(36)13-32)19(2)33-14-24(37)34(25(38)15-33)17-43-27(40)21(30-28(41)44-29(3,4)5)11-26(39)42-16-20-9-7-6-8-10-20/h6-10,18-19,21H,11-17H2,1-5H3,(H,30,41)(H,31,35,36). The number of hydrogen-bond acceptors (Lipinski definition) is 12. The van der Waals surface area contributed by atoms with E-state index in [2.05, 4.69) is 10.6 Å². The molecule has 3 unspecified atom stereocenters. The van der Waals surface area contributed by atoms with Crippen LogP contribution in [0.25, 0.3) is 0 Å². The second-order valence-corrected chi connectivity index (χ2v) is 11.6. The van der Waals surface area contributed by atoms with Gasteiger partial charge in [0.05, 0.1) is 32.6 Å². The molecule has 0 aliphatic carbocycles. The van der Waals surface area contributed by atoms with Crippen LogP contribution < -0.4 is 10.6 Å². The third-order valence-corrected chi connectivity index (χ3v) is 7.03. The van der Waals surface area contributed by atoms with E-state index < -0.39 is 66.5 Å². The van der Waals surface area contributed by atoms with Crippen LogP contribution >= 0.6 is 0 Å². The number of nitrogens with one attached hydrogen (secondary N) is 2. The molecule has 2 fully saturated rings. The van der Waals surface area contributed by atoms with Gasteiger partial charge in [-0.05, 0) is 40.2 Å². The summed E-state index contributed by atoms with van der Waals surface area (Å²) in [7, 11) is 0. The van der Waals surface area contributed by atoms with Crippen molar-refractivity contribution < 1.29 is 47.8 Å². The fourth-order valence-electron chi connectivity index (χ4n) is 4.54. The van der Waals surface area contributed by atoms with Gasteiger partial charge in [0.15, 0.2) is 6.73 Å². The Morgan fingerprint density at radius 2 is 1.41 bits per heavy atom. The Bertz CT molecular complexity index is 1230. The van der Waals surface area contributed by atoms with E-state index in [-0.39, 0.29) is 44.9 Å². The first-order valence-electron chi connectivity index (χ1n) is 14.1. The van der Waals surface area contributed by atoms with Gasteiger partial charge in [0.25, 0.3) is 0 Å². The molecule has 0 spiro atoms. The van der Waals surface area contributed by atoms with Gasteiger partial charge < -0.3 is 19.5 Å². The fourth-order valence-corrected chi connectivity index (χ4v) is 4.54. The van der Waals surface area contributed by atoms with Crippen LogP contribution in [0, 0.1) is 0 Å². The summed E-state index contributed by atoms with van der Waals surface area (Å²) in [6, 6.07) is 6.61. The van der Waals surface area contributed by atoms with E-state index in [1.807, 2.05) is 0 Å². The van der Waals surface area contributed by atoms with Crippen molar-refractivity contribution in [1.29, 1.82) is 0 Å². The first kappa shape index (κ1) is 34.1. The molecule has 0 radical (unpaired) electrons. The molecule has 1 aromatic carbocycles. The van der Waals surface area contributed by atoms with Crippen LogP contribution in [0.5, 0.6) is 0 Å². The van der Waals surface area contributed by atoms with Gasteiger partial charge >= 0.3 is 18.0 Å². The lowest BCUT2D eigenvalue weighted by molar-refractivity contribution is -0.167. The Morgan fingerprint density at radius 3 is 1.95 bits per heavy atom. The Hall–Kier alpha value is -4.37. The number of carbonyl (C=O) groups is 7. The minimum atomic E-state index is -1.52. The highest BCUT2D eigenvalue weighted by atomic mass is 16.6. The van der Waals surface area contributed by atoms with Gasteiger partial charge in [0.1, 0.15) is 18.2 Å². The molecular weight excluding hydrogens is 578 g/mol. The molecule has 44 heavy (non-hydrogen) atoms. The molecule has 0 saturated carbocycles. The summed E-state index contributed by atoms with van der Waals surface area (Å²) < 4.78 is 15.6. The van der Waals surface area contributed by atoms with Crippen molar-refractivity contribution in [3.63, 3.8) is 0 Å². The molecule has 5 amide bonds. The molecule has 15 heteroatoms. The van der Waals surface area contributed by atoms with Gasteiger partial charge in [-0.3, -0.25) is 39.1 Å². The summed E-state index contributed by atoms with van der Waals surface area (Å²) in [5.74, 6) is -4.01. The van der Waals surface area contributed by atoms with Crippen molar-refractivity contribution >= 4 is 41.7 Å². The van der Waals surface area contributed by atoms with Gasteiger partial charge in [-0.25, -0.2) is 14.5 Å². The van der Waals surface area contributed by atoms with E-state index in [1.54, 1.807) is 74.8 Å². The quantitative estimate of drug-likeness (QED) is 0.192. The molecule has 2 heterocycles. The van der Waals surface area contributed by atoms with Crippen LogP contribution in [0.2, 0.25) is 0 Å². The first-order chi connectivity index (χ1) is 20.6. The maximum Gasteiger partial charge on any atom is 0.408 e. The molecule has 0 aromatic heterocycles. The van der Waals surface area contributed by atoms with Gasteiger partial charge in [-0.1, -0.05) is 30.3 Å². The smallest absolute Gasteiger partial charge is 0.408 e. The monoisotopic (exact) mass is 617 g/mol. The number of nitrogens with zero attached hydrogens (tertiary/aromatic N) is 3. The van der Waals surface area contributed by atoms with E-state index in [1.165, 1.54) is 0 Å². The second kappa shape index (κ2) is 14.9. The maximum absolute atomic E-state index is 13.0. The third-order valence-electron chi connectivity index (χ3n) is 7.03. The van der Waals surface area contributed by atoms with Crippen LogP contribution in [-0.2, 0) is 49.6 Å². The van der Waals surface area contributed by atoms with E-state index >= 15 is 0 Å². The summed E-state index contributed by atoms with van der Waals surface area (Å²) in [6.07, 6.45) is -1.57. The number of carbonyl (C=O) groups excluding carboxylic acids is 7. The number of benzene rings is 1. The third kappa shape index (κ3) is 10.1. The predicted octanol–water partition coefficient (Wildman–Crippen LogP) is -0.0799. The minimum Gasteiger partial charge on any atom is -0.461 e. The Balaban J connectivity index is 1.59. The fraction of sp³-hybridized carbons (Fsp3) is 0.552. The van der Waals surface area contributed by atoms with Crippen molar-refractivity contribution in [1.82, 2.24) is 25.3 Å². The van der Waals surface area contributed by atoms with Gasteiger partial charge in [0.2, 0.25) is 23.6 Å². The van der Waals surface area contributed by atoms with E-state index in [4.69, 9.17) is 14.2 Å². The zero-order chi connectivity index (χ0) is 32.6. The molecule has 1 aromatic rings. The molecule has 2 N–H and O–H groups in total. The number of piperazine rings is 2. The summed E-state index contributed by atoms with van der Waals surface area (Å²) in [5, 5.41) is 4.53. The van der Waals surface area contributed by atoms with E-state index in [0.717, 1.165) is 10.5 Å². The largest absolute Gasteiger partial charge is 0.461 e. The Labute approximate surface area is 255 Å². The lowest BCUT2D eigenvalue weighted by Gasteiger charge is -2.42. The molecule has 0 bridgehead atoms. The van der Waals surface area contributed by atoms with Crippen LogP contribution in [0.15, 0.2) is 30.3 Å². The van der Waals surface area contributed by atoms with E-state index in [0.29, 0.717) is 0 Å². The average Bonchev–Trinajstić information content (AvgIpc) is 2.93. The summed E-state index contributed by atoms with van der Waals surface area (Å²) in [4.78, 5) is 91.3. The average molecular weight is 618 g/mol. The topological polar surface area (TPSA) is 181 Å². The van der Waals surface area contributed by atoms with Crippen molar-refractivity contribution in [2.24, 2.45) is 0 Å². The minimum absolute atomic E-state index is 0.00729. The number of ether oxygens (including phenoxy) is 3. The van der Waals surface area contributed by atoms with Crippen molar-refractivity contribution in [2.45, 2.75) is 71.4 Å². The maximum atomic E-state index is 13.0. The molecule has 15 nitrogen and oxygen atoms in total. The number of imide groups is 2. The van der Waals surface area contributed by atoms with Gasteiger partial charge in [-0.15, -0.1) is 0 Å². The molecular formula is C29H39N5O10. The first-order valence-corrected chi connectivity index (χ1v) is 14.1. The highest BCUT2D eigenvalue weighted by Gasteiger charge is 2.38. The predicted molar refractivity (Wildman–Crippen MR) is 152 cm³/mol. The molecule has 240 valence electrons. The zero-order valence-corrected chi connectivity index (χ0v) is 25.5. The second-order valence-electron chi connectivity index (χ2n) is 11.6. The molecule has 2 aliphatic rings. The lowest BCUT2D eigenvalue weighted by Crippen LogP contribution is -2.62. The summed E-state index contributed by atoms with van der Waals surface area (Å²) >= 11 is 0. The molecule has 2 aliphatic heterocycles. The van der Waals surface area contributed by atoms with Crippen LogP contribution in [-0.4, -0.2) is 113 Å². The summed E-state index contributed by atoms with van der Waals surface area (Å²) in [6.45, 7) is 7.28. The number of alkyl carbamates (subject to hydrolysis) is 1. The normalized spacial score (nSPS) is 18.6. The van der Waals surface area contributed by atoms with E-state index in [9.17, 15) is 33.6 Å². The molecule has 3 atom stereocenters. The highest BCUT2D eigenvalue weighted by molar-refractivity contribution is 6.00. The molecule has 2 saturated heterocycles. The Morgan fingerprint density at radius 1 is 0.864 bits per heavy atom. The lowest BCUT2D eigenvalue weighted by atomic mass is 10.1. The van der Waals surface area contributed by atoms with Crippen molar-refractivity contribution in [2.75, 3.05) is 32.9 Å². The zero-order valence-electron chi connectivity index (χ0n) is 25.5. The number of rotatable bonds is 11. The SMILES string of the molecule is CC(C(C)N1CC(=O)N(COC(=O)C(CC(=O)OCc2ccccc2)NC(=O)OC(C)(C)C)C(=O)C1)N1CC(=O)NC(=O)C1. The summed E-state index contributed by atoms with van der Waals surface area (Å²) in [5.41, 5.74) is -0.176. The van der Waals surface area contributed by atoms with Gasteiger partial charge in [0, 0.05) is 12.1 Å². The number of amides is 5.